The maximum atomic E-state index is 5.98. The quantitative estimate of drug-likeness (QED) is 0.818. The van der Waals surface area contributed by atoms with E-state index >= 15 is 0 Å². The van der Waals surface area contributed by atoms with E-state index in [1.165, 1.54) is 32.0 Å². The van der Waals surface area contributed by atoms with Crippen molar-refractivity contribution in [2.75, 3.05) is 5.32 Å². The van der Waals surface area contributed by atoms with Crippen molar-refractivity contribution in [2.24, 2.45) is 0 Å². The van der Waals surface area contributed by atoms with E-state index in [-0.39, 0.29) is 5.54 Å². The van der Waals surface area contributed by atoms with Crippen molar-refractivity contribution in [1.82, 2.24) is 9.97 Å². The molecule has 0 atom stereocenters. The molecule has 14 heavy (non-hydrogen) atoms. The van der Waals surface area contributed by atoms with Crippen LogP contribution >= 0.6 is 11.6 Å². The van der Waals surface area contributed by atoms with Gasteiger partial charge in [0, 0.05) is 5.54 Å². The van der Waals surface area contributed by atoms with Gasteiger partial charge in [-0.2, -0.15) is 0 Å². The number of rotatable bonds is 2. The molecule has 0 aliphatic heterocycles. The SMILES string of the molecule is CC1(Nc2ncncc2Cl)CCCC1. The molecule has 0 amide bonds. The zero-order chi connectivity index (χ0) is 10.0. The molecule has 0 spiro atoms. The number of anilines is 1. The lowest BCUT2D eigenvalue weighted by molar-refractivity contribution is 0.531. The van der Waals surface area contributed by atoms with Crippen LogP contribution in [0.4, 0.5) is 5.82 Å². The minimum atomic E-state index is 0.165. The highest BCUT2D eigenvalue weighted by atomic mass is 35.5. The van der Waals surface area contributed by atoms with E-state index in [1.807, 2.05) is 0 Å². The maximum Gasteiger partial charge on any atom is 0.148 e. The van der Waals surface area contributed by atoms with Gasteiger partial charge in [0.2, 0.25) is 0 Å². The highest BCUT2D eigenvalue weighted by Crippen LogP contribution is 2.33. The summed E-state index contributed by atoms with van der Waals surface area (Å²) >= 11 is 5.98. The third kappa shape index (κ3) is 1.98. The molecule has 1 aliphatic carbocycles. The van der Waals surface area contributed by atoms with Crippen molar-refractivity contribution in [2.45, 2.75) is 38.1 Å². The lowest BCUT2D eigenvalue weighted by Gasteiger charge is -2.26. The minimum absolute atomic E-state index is 0.165. The Balaban J connectivity index is 2.14. The lowest BCUT2D eigenvalue weighted by Crippen LogP contribution is -2.31. The van der Waals surface area contributed by atoms with Gasteiger partial charge in [-0.25, -0.2) is 9.97 Å². The van der Waals surface area contributed by atoms with E-state index in [1.54, 1.807) is 6.20 Å². The summed E-state index contributed by atoms with van der Waals surface area (Å²) in [6, 6.07) is 0. The normalized spacial score (nSPS) is 19.6. The Hall–Kier alpha value is -0.830. The van der Waals surface area contributed by atoms with Crippen LogP contribution in [0.25, 0.3) is 0 Å². The average molecular weight is 212 g/mol. The number of halogens is 1. The second kappa shape index (κ2) is 3.73. The highest BCUT2D eigenvalue weighted by molar-refractivity contribution is 6.32. The van der Waals surface area contributed by atoms with E-state index in [0.29, 0.717) is 5.02 Å². The van der Waals surface area contributed by atoms with Crippen LogP contribution in [0, 0.1) is 0 Å². The van der Waals surface area contributed by atoms with Crippen LogP contribution in [0.5, 0.6) is 0 Å². The second-order valence-electron chi connectivity index (χ2n) is 4.11. The average Bonchev–Trinajstić information content (AvgIpc) is 2.57. The molecule has 0 unspecified atom stereocenters. The van der Waals surface area contributed by atoms with Crippen molar-refractivity contribution in [3.05, 3.63) is 17.5 Å². The summed E-state index contributed by atoms with van der Waals surface area (Å²) in [5.74, 6) is 0.756. The summed E-state index contributed by atoms with van der Waals surface area (Å²) in [5, 5.41) is 4.00. The fourth-order valence-electron chi connectivity index (χ4n) is 1.97. The second-order valence-corrected chi connectivity index (χ2v) is 4.52. The Kier molecular flexibility index (Phi) is 2.59. The molecule has 1 aromatic heterocycles. The third-order valence-corrected chi connectivity index (χ3v) is 3.07. The first-order chi connectivity index (χ1) is 6.70. The topological polar surface area (TPSA) is 37.8 Å². The summed E-state index contributed by atoms with van der Waals surface area (Å²) in [4.78, 5) is 7.99. The molecule has 1 fully saturated rings. The van der Waals surface area contributed by atoms with Gasteiger partial charge in [0.05, 0.1) is 6.20 Å². The summed E-state index contributed by atoms with van der Waals surface area (Å²) in [6.07, 6.45) is 8.08. The van der Waals surface area contributed by atoms with Gasteiger partial charge < -0.3 is 5.32 Å². The molecule has 0 radical (unpaired) electrons. The minimum Gasteiger partial charge on any atom is -0.364 e. The van der Waals surface area contributed by atoms with Crippen LogP contribution in [0.2, 0.25) is 5.02 Å². The van der Waals surface area contributed by atoms with E-state index in [9.17, 15) is 0 Å². The number of hydrogen-bond donors (Lipinski definition) is 1. The molecule has 1 N–H and O–H groups in total. The predicted molar refractivity (Wildman–Crippen MR) is 57.5 cm³/mol. The van der Waals surface area contributed by atoms with E-state index in [0.717, 1.165) is 5.82 Å². The van der Waals surface area contributed by atoms with Crippen LogP contribution in [0.1, 0.15) is 32.6 Å². The fourth-order valence-corrected chi connectivity index (χ4v) is 2.12. The van der Waals surface area contributed by atoms with Gasteiger partial charge in [0.25, 0.3) is 0 Å². The summed E-state index contributed by atoms with van der Waals surface area (Å²) in [6.45, 7) is 2.22. The van der Waals surface area contributed by atoms with Crippen molar-refractivity contribution in [3.8, 4) is 0 Å². The monoisotopic (exact) mass is 211 g/mol. The molecule has 0 bridgehead atoms. The van der Waals surface area contributed by atoms with Crippen molar-refractivity contribution in [3.63, 3.8) is 0 Å². The summed E-state index contributed by atoms with van der Waals surface area (Å²) in [5.41, 5.74) is 0.165. The summed E-state index contributed by atoms with van der Waals surface area (Å²) < 4.78 is 0. The zero-order valence-corrected chi connectivity index (χ0v) is 9.01. The van der Waals surface area contributed by atoms with Gasteiger partial charge in [-0.05, 0) is 19.8 Å². The smallest absolute Gasteiger partial charge is 0.148 e. The van der Waals surface area contributed by atoms with E-state index < -0.39 is 0 Å². The highest BCUT2D eigenvalue weighted by Gasteiger charge is 2.29. The Morgan fingerprint density at radius 3 is 2.79 bits per heavy atom. The molecule has 3 nitrogen and oxygen atoms in total. The van der Waals surface area contributed by atoms with Gasteiger partial charge in [0.1, 0.15) is 17.2 Å². The van der Waals surface area contributed by atoms with Gasteiger partial charge in [-0.1, -0.05) is 24.4 Å². The molecule has 1 saturated carbocycles. The van der Waals surface area contributed by atoms with Gasteiger partial charge >= 0.3 is 0 Å². The number of nitrogens with one attached hydrogen (secondary N) is 1. The maximum absolute atomic E-state index is 5.98. The predicted octanol–water partition coefficient (Wildman–Crippen LogP) is 2.87. The molecular weight excluding hydrogens is 198 g/mol. The molecule has 1 heterocycles. The molecule has 76 valence electrons. The fraction of sp³-hybridized carbons (Fsp3) is 0.600. The van der Waals surface area contributed by atoms with Gasteiger partial charge in [-0.15, -0.1) is 0 Å². The van der Waals surface area contributed by atoms with Crippen molar-refractivity contribution >= 4 is 17.4 Å². The van der Waals surface area contributed by atoms with Crippen LogP contribution in [-0.4, -0.2) is 15.5 Å². The molecule has 1 aromatic rings. The number of aromatic nitrogens is 2. The molecule has 0 saturated heterocycles. The van der Waals surface area contributed by atoms with Crippen molar-refractivity contribution in [1.29, 1.82) is 0 Å². The van der Waals surface area contributed by atoms with Crippen molar-refractivity contribution < 1.29 is 0 Å². The lowest BCUT2D eigenvalue weighted by atomic mass is 10.0. The zero-order valence-electron chi connectivity index (χ0n) is 8.26. The molecule has 0 aromatic carbocycles. The Bertz CT molecular complexity index is 321. The van der Waals surface area contributed by atoms with Gasteiger partial charge in [0.15, 0.2) is 0 Å². The first-order valence-electron chi connectivity index (χ1n) is 4.93. The van der Waals surface area contributed by atoms with Crippen LogP contribution in [0.15, 0.2) is 12.5 Å². The first kappa shape index (κ1) is 9.71. The molecule has 4 heteroatoms. The van der Waals surface area contributed by atoms with Crippen LogP contribution < -0.4 is 5.32 Å². The van der Waals surface area contributed by atoms with E-state index in [4.69, 9.17) is 11.6 Å². The molecule has 2 rings (SSSR count). The van der Waals surface area contributed by atoms with E-state index in [2.05, 4.69) is 22.2 Å². The standard InChI is InChI=1S/C10H14ClN3/c1-10(4-2-3-5-10)14-9-8(11)6-12-7-13-9/h6-7H,2-5H2,1H3,(H,12,13,14). The Morgan fingerprint density at radius 1 is 1.43 bits per heavy atom. The summed E-state index contributed by atoms with van der Waals surface area (Å²) in [7, 11) is 0. The third-order valence-electron chi connectivity index (χ3n) is 2.79. The number of hydrogen-bond acceptors (Lipinski definition) is 3. The van der Waals surface area contributed by atoms with Crippen LogP contribution in [-0.2, 0) is 0 Å². The van der Waals surface area contributed by atoms with Gasteiger partial charge in [-0.3, -0.25) is 0 Å². The largest absolute Gasteiger partial charge is 0.364 e. The Labute approximate surface area is 88.9 Å². The first-order valence-corrected chi connectivity index (χ1v) is 5.31. The van der Waals surface area contributed by atoms with Crippen LogP contribution in [0.3, 0.4) is 0 Å². The Morgan fingerprint density at radius 2 is 2.14 bits per heavy atom. The number of nitrogens with zero attached hydrogens (tertiary/aromatic N) is 2. The molecule has 1 aliphatic rings. The molecular formula is C10H14ClN3.